The van der Waals surface area contributed by atoms with Gasteiger partial charge in [0, 0.05) is 31.2 Å². The quantitative estimate of drug-likeness (QED) is 0.840. The van der Waals surface area contributed by atoms with Crippen molar-refractivity contribution in [3.63, 3.8) is 0 Å². The molecule has 6 nitrogen and oxygen atoms in total. The van der Waals surface area contributed by atoms with Gasteiger partial charge in [0.1, 0.15) is 0 Å². The van der Waals surface area contributed by atoms with E-state index < -0.39 is 10.0 Å². The van der Waals surface area contributed by atoms with Crippen LogP contribution in [0.2, 0.25) is 0 Å². The van der Waals surface area contributed by atoms with Crippen molar-refractivity contribution in [1.29, 1.82) is 0 Å². The molecule has 1 fully saturated rings. The summed E-state index contributed by atoms with van der Waals surface area (Å²) in [7, 11) is -3.57. The van der Waals surface area contributed by atoms with Gasteiger partial charge in [-0.3, -0.25) is 4.79 Å². The van der Waals surface area contributed by atoms with Crippen molar-refractivity contribution in [2.75, 3.05) is 26.2 Å². The Balaban J connectivity index is 2.29. The Hall–Kier alpha value is -1.44. The number of rotatable bonds is 6. The van der Waals surface area contributed by atoms with Crippen LogP contribution in [-0.4, -0.2) is 55.8 Å². The fourth-order valence-electron chi connectivity index (χ4n) is 3.26. The van der Waals surface area contributed by atoms with Crippen molar-refractivity contribution in [2.45, 2.75) is 38.1 Å². The van der Waals surface area contributed by atoms with Crippen molar-refractivity contribution in [2.24, 2.45) is 11.7 Å². The number of likely N-dealkylation sites (tertiary alicyclic amines) is 1. The second-order valence-electron chi connectivity index (χ2n) is 6.26. The largest absolute Gasteiger partial charge is 0.336 e. The summed E-state index contributed by atoms with van der Waals surface area (Å²) in [4.78, 5) is 14.7. The molecule has 2 unspecified atom stereocenters. The van der Waals surface area contributed by atoms with E-state index in [1.165, 1.54) is 10.4 Å². The lowest BCUT2D eigenvalue weighted by Crippen LogP contribution is -2.35. The van der Waals surface area contributed by atoms with Gasteiger partial charge in [0.2, 0.25) is 10.0 Å². The minimum absolute atomic E-state index is 0.120. The zero-order chi connectivity index (χ0) is 17.9. The molecule has 0 radical (unpaired) electrons. The minimum Gasteiger partial charge on any atom is -0.336 e. The van der Waals surface area contributed by atoms with Gasteiger partial charge in [0.05, 0.1) is 4.90 Å². The van der Waals surface area contributed by atoms with Crippen molar-refractivity contribution in [1.82, 2.24) is 9.21 Å². The first-order valence-corrected chi connectivity index (χ1v) is 9.90. The molecule has 0 bridgehead atoms. The highest BCUT2D eigenvalue weighted by molar-refractivity contribution is 7.89. The molecule has 2 atom stereocenters. The molecule has 7 heteroatoms. The van der Waals surface area contributed by atoms with E-state index in [4.69, 9.17) is 5.73 Å². The lowest BCUT2D eigenvalue weighted by molar-refractivity contribution is 0.0743. The number of carbonyl (C=O) groups excluding carboxylic acids is 1. The number of sulfonamides is 1. The number of nitrogens with zero attached hydrogens (tertiary/aromatic N) is 2. The first-order valence-electron chi connectivity index (χ1n) is 8.46. The number of nitrogens with two attached hydrogens (primary N) is 1. The molecule has 0 saturated carbocycles. The normalized spacial score (nSPS) is 21.5. The first-order chi connectivity index (χ1) is 11.3. The molecular weight excluding hydrogens is 326 g/mol. The highest BCUT2D eigenvalue weighted by Crippen LogP contribution is 2.25. The van der Waals surface area contributed by atoms with Crippen LogP contribution in [0.25, 0.3) is 0 Å². The van der Waals surface area contributed by atoms with Gasteiger partial charge in [-0.2, -0.15) is 4.31 Å². The summed E-state index contributed by atoms with van der Waals surface area (Å²) in [5.74, 6) is 0.182. The number of benzene rings is 1. The van der Waals surface area contributed by atoms with Crippen molar-refractivity contribution < 1.29 is 13.2 Å². The molecule has 0 aliphatic carbocycles. The van der Waals surface area contributed by atoms with E-state index >= 15 is 0 Å². The van der Waals surface area contributed by atoms with E-state index in [0.717, 1.165) is 6.42 Å². The van der Waals surface area contributed by atoms with E-state index in [1.54, 1.807) is 36.9 Å². The third-order valence-corrected chi connectivity index (χ3v) is 6.73. The van der Waals surface area contributed by atoms with Crippen molar-refractivity contribution in [3.8, 4) is 0 Å². The summed E-state index contributed by atoms with van der Waals surface area (Å²) in [6, 6.07) is 6.45. The minimum atomic E-state index is -3.57. The Morgan fingerprint density at radius 1 is 1.33 bits per heavy atom. The summed E-state index contributed by atoms with van der Waals surface area (Å²) in [6.45, 7) is 7.60. The molecule has 1 heterocycles. The maximum Gasteiger partial charge on any atom is 0.254 e. The second kappa shape index (κ2) is 7.63. The number of amides is 1. The van der Waals surface area contributed by atoms with Crippen LogP contribution < -0.4 is 5.73 Å². The highest BCUT2D eigenvalue weighted by atomic mass is 32.2. The highest BCUT2D eigenvalue weighted by Gasteiger charge is 2.32. The summed E-state index contributed by atoms with van der Waals surface area (Å²) < 4.78 is 26.7. The molecule has 24 heavy (non-hydrogen) atoms. The Labute approximate surface area is 144 Å². The molecule has 2 N–H and O–H groups in total. The zero-order valence-electron chi connectivity index (χ0n) is 14.6. The molecule has 1 aliphatic heterocycles. The van der Waals surface area contributed by atoms with E-state index in [0.29, 0.717) is 37.7 Å². The molecule has 134 valence electrons. The van der Waals surface area contributed by atoms with Crippen LogP contribution in [-0.2, 0) is 10.0 Å². The van der Waals surface area contributed by atoms with Gasteiger partial charge >= 0.3 is 0 Å². The van der Waals surface area contributed by atoms with Crippen LogP contribution in [0.4, 0.5) is 0 Å². The van der Waals surface area contributed by atoms with Crippen LogP contribution in [0, 0.1) is 5.92 Å². The van der Waals surface area contributed by atoms with Gasteiger partial charge in [-0.25, -0.2) is 8.42 Å². The second-order valence-corrected chi connectivity index (χ2v) is 8.20. The molecule has 1 amide bonds. The van der Waals surface area contributed by atoms with E-state index in [1.807, 2.05) is 6.92 Å². The lowest BCUT2D eigenvalue weighted by Gasteiger charge is -2.22. The van der Waals surface area contributed by atoms with Crippen LogP contribution in [0.1, 0.15) is 37.6 Å². The molecule has 0 aromatic heterocycles. The third kappa shape index (κ3) is 3.63. The van der Waals surface area contributed by atoms with Gasteiger partial charge in [0.15, 0.2) is 0 Å². The van der Waals surface area contributed by atoms with E-state index in [2.05, 4.69) is 0 Å². The Kier molecular flexibility index (Phi) is 6.01. The van der Waals surface area contributed by atoms with Crippen LogP contribution in [0.3, 0.4) is 0 Å². The average molecular weight is 353 g/mol. The number of carbonyl (C=O) groups is 1. The summed E-state index contributed by atoms with van der Waals surface area (Å²) in [5.41, 5.74) is 6.13. The summed E-state index contributed by atoms with van der Waals surface area (Å²) >= 11 is 0. The van der Waals surface area contributed by atoms with Gasteiger partial charge in [-0.1, -0.05) is 19.9 Å². The molecule has 1 aromatic rings. The number of hydrogen-bond donors (Lipinski definition) is 1. The summed E-state index contributed by atoms with van der Waals surface area (Å²) in [6.07, 6.45) is 0.889. The van der Waals surface area contributed by atoms with Gasteiger partial charge < -0.3 is 10.6 Å². The molecular formula is C17H27N3O3S. The standard InChI is InChI=1S/C17H27N3O3S/c1-4-19(5-2)24(22,23)16-8-6-7-15(10-16)17(21)20-12-14(11-18)9-13(20)3/h6-8,10,13-14H,4-5,9,11-12,18H2,1-3H3. The molecule has 1 saturated heterocycles. The van der Waals surface area contributed by atoms with Crippen molar-refractivity contribution >= 4 is 15.9 Å². The lowest BCUT2D eigenvalue weighted by atomic mass is 10.1. The van der Waals surface area contributed by atoms with Crippen molar-refractivity contribution in [3.05, 3.63) is 29.8 Å². The van der Waals surface area contributed by atoms with Crippen LogP contribution >= 0.6 is 0 Å². The number of hydrogen-bond acceptors (Lipinski definition) is 4. The fraction of sp³-hybridized carbons (Fsp3) is 0.588. The van der Waals surface area contributed by atoms with Gasteiger partial charge in [0.25, 0.3) is 5.91 Å². The van der Waals surface area contributed by atoms with Crippen LogP contribution in [0.5, 0.6) is 0 Å². The maximum absolute atomic E-state index is 12.8. The predicted molar refractivity (Wildman–Crippen MR) is 94.2 cm³/mol. The Morgan fingerprint density at radius 2 is 2.00 bits per heavy atom. The summed E-state index contributed by atoms with van der Waals surface area (Å²) in [5, 5.41) is 0. The molecule has 1 aromatic carbocycles. The third-order valence-electron chi connectivity index (χ3n) is 4.68. The predicted octanol–water partition coefficient (Wildman–Crippen LogP) is 1.53. The van der Waals surface area contributed by atoms with E-state index in [9.17, 15) is 13.2 Å². The molecule has 0 spiro atoms. The Morgan fingerprint density at radius 3 is 2.54 bits per heavy atom. The fourth-order valence-corrected chi connectivity index (χ4v) is 4.77. The van der Waals surface area contributed by atoms with Crippen LogP contribution in [0.15, 0.2) is 29.2 Å². The average Bonchev–Trinajstić information content (AvgIpc) is 2.96. The SMILES string of the molecule is CCN(CC)S(=O)(=O)c1cccc(C(=O)N2CC(CN)CC2C)c1. The van der Waals surface area contributed by atoms with Gasteiger partial charge in [-0.15, -0.1) is 0 Å². The monoisotopic (exact) mass is 353 g/mol. The maximum atomic E-state index is 12.8. The molecule has 1 aliphatic rings. The van der Waals surface area contributed by atoms with Gasteiger partial charge in [-0.05, 0) is 44.0 Å². The zero-order valence-corrected chi connectivity index (χ0v) is 15.4. The topological polar surface area (TPSA) is 83.7 Å². The Bertz CT molecular complexity index is 686. The molecule has 2 rings (SSSR count). The first kappa shape index (κ1) is 18.9. The van der Waals surface area contributed by atoms with E-state index in [-0.39, 0.29) is 16.8 Å². The smallest absolute Gasteiger partial charge is 0.254 e.